The van der Waals surface area contributed by atoms with Gasteiger partial charge < -0.3 is 10.6 Å². The molecule has 2 aromatic rings. The number of hydrogen-bond donors (Lipinski definition) is 2. The first-order chi connectivity index (χ1) is 11.3. The van der Waals surface area contributed by atoms with Crippen molar-refractivity contribution >= 4 is 40.4 Å². The number of nitro groups is 2. The zero-order valence-electron chi connectivity index (χ0n) is 12.3. The molecule has 2 amide bonds. The van der Waals surface area contributed by atoms with Gasteiger partial charge in [0, 0.05) is 23.9 Å². The normalized spacial score (nSPS) is 10.1. The Balaban J connectivity index is 2.18. The Morgan fingerprint density at radius 3 is 2.42 bits per heavy atom. The van der Waals surface area contributed by atoms with Crippen molar-refractivity contribution in [1.82, 2.24) is 0 Å². The van der Waals surface area contributed by atoms with Crippen molar-refractivity contribution in [2.75, 3.05) is 10.6 Å². The molecule has 2 rings (SSSR count). The summed E-state index contributed by atoms with van der Waals surface area (Å²) in [6.45, 7) is 1.62. The van der Waals surface area contributed by atoms with Crippen LogP contribution in [-0.2, 0) is 0 Å². The van der Waals surface area contributed by atoms with E-state index >= 15 is 0 Å². The lowest BCUT2D eigenvalue weighted by atomic mass is 10.2. The Labute approximate surface area is 140 Å². The number of nitro benzene ring substituents is 2. The Morgan fingerprint density at radius 2 is 1.79 bits per heavy atom. The van der Waals surface area contributed by atoms with E-state index in [9.17, 15) is 25.0 Å². The molecule has 0 spiro atoms. The van der Waals surface area contributed by atoms with Crippen molar-refractivity contribution in [3.63, 3.8) is 0 Å². The number of urea groups is 1. The summed E-state index contributed by atoms with van der Waals surface area (Å²) in [7, 11) is 0. The van der Waals surface area contributed by atoms with Crippen molar-refractivity contribution in [2.24, 2.45) is 0 Å². The van der Waals surface area contributed by atoms with Crippen LogP contribution in [0.4, 0.5) is 27.5 Å². The number of nitrogens with one attached hydrogen (secondary N) is 2. The Bertz CT molecular complexity index is 840. The fourth-order valence-electron chi connectivity index (χ4n) is 1.92. The molecule has 0 saturated heterocycles. The molecule has 0 aliphatic rings. The van der Waals surface area contributed by atoms with Crippen LogP contribution in [0.2, 0.25) is 5.02 Å². The van der Waals surface area contributed by atoms with Gasteiger partial charge in [-0.3, -0.25) is 20.2 Å². The summed E-state index contributed by atoms with van der Waals surface area (Å²) in [5.74, 6) is 0. The predicted octanol–water partition coefficient (Wildman–Crippen LogP) is 4.11. The van der Waals surface area contributed by atoms with Crippen LogP contribution in [0.15, 0.2) is 36.4 Å². The van der Waals surface area contributed by atoms with E-state index in [2.05, 4.69) is 10.6 Å². The van der Waals surface area contributed by atoms with Crippen LogP contribution in [0.1, 0.15) is 5.56 Å². The highest BCUT2D eigenvalue weighted by molar-refractivity contribution is 6.32. The fourth-order valence-corrected chi connectivity index (χ4v) is 2.20. The first-order valence-electron chi connectivity index (χ1n) is 6.55. The quantitative estimate of drug-likeness (QED) is 0.633. The summed E-state index contributed by atoms with van der Waals surface area (Å²) >= 11 is 5.78. The van der Waals surface area contributed by atoms with E-state index in [4.69, 9.17) is 11.6 Å². The Morgan fingerprint density at radius 1 is 1.08 bits per heavy atom. The summed E-state index contributed by atoms with van der Waals surface area (Å²) in [6.07, 6.45) is 0. The molecule has 10 heteroatoms. The van der Waals surface area contributed by atoms with Crippen molar-refractivity contribution in [2.45, 2.75) is 6.92 Å². The molecule has 2 aromatic carbocycles. The smallest absolute Gasteiger partial charge is 0.307 e. The van der Waals surface area contributed by atoms with E-state index in [0.717, 1.165) is 6.07 Å². The highest BCUT2D eigenvalue weighted by atomic mass is 35.5. The van der Waals surface area contributed by atoms with Crippen LogP contribution in [-0.4, -0.2) is 15.9 Å². The van der Waals surface area contributed by atoms with Gasteiger partial charge in [-0.1, -0.05) is 17.7 Å². The summed E-state index contributed by atoms with van der Waals surface area (Å²) < 4.78 is 0. The van der Waals surface area contributed by atoms with Crippen LogP contribution in [0.3, 0.4) is 0 Å². The predicted molar refractivity (Wildman–Crippen MR) is 88.6 cm³/mol. The number of carbonyl (C=O) groups is 1. The van der Waals surface area contributed by atoms with Gasteiger partial charge in [0.15, 0.2) is 0 Å². The van der Waals surface area contributed by atoms with Gasteiger partial charge in [-0.15, -0.1) is 0 Å². The summed E-state index contributed by atoms with van der Waals surface area (Å²) in [5, 5.41) is 26.4. The van der Waals surface area contributed by atoms with Gasteiger partial charge in [0.05, 0.1) is 15.5 Å². The highest BCUT2D eigenvalue weighted by Crippen LogP contribution is 2.30. The molecule has 0 radical (unpaired) electrons. The maximum Gasteiger partial charge on any atom is 0.323 e. The standard InChI is InChI=1S/C14H11ClN4O5/c1-8-5-11(15)13(19(23)24)7-12(8)17-14(20)16-9-3-2-4-10(6-9)18(21)22/h2-7H,1H3,(H2,16,17,20). The molecule has 0 aliphatic carbocycles. The number of nitrogens with zero attached hydrogens (tertiary/aromatic N) is 2. The molecular formula is C14H11ClN4O5. The molecule has 0 heterocycles. The molecule has 0 aliphatic heterocycles. The van der Waals surface area contributed by atoms with Gasteiger partial charge in [0.25, 0.3) is 11.4 Å². The van der Waals surface area contributed by atoms with Gasteiger partial charge in [-0.05, 0) is 24.6 Å². The molecule has 0 bridgehead atoms. The first-order valence-corrected chi connectivity index (χ1v) is 6.92. The molecule has 0 aromatic heterocycles. The van der Waals surface area contributed by atoms with E-state index in [-0.39, 0.29) is 27.8 Å². The summed E-state index contributed by atoms with van der Waals surface area (Å²) in [5.41, 5.74) is 0.427. The second-order valence-corrected chi connectivity index (χ2v) is 5.17. The lowest BCUT2D eigenvalue weighted by molar-refractivity contribution is -0.384. The molecular weight excluding hydrogens is 340 g/mol. The molecule has 0 saturated carbocycles. The second-order valence-electron chi connectivity index (χ2n) is 4.76. The SMILES string of the molecule is Cc1cc(Cl)c([N+](=O)[O-])cc1NC(=O)Nc1cccc([N+](=O)[O-])c1. The molecule has 0 fully saturated rings. The number of non-ortho nitro benzene ring substituents is 1. The first kappa shape index (κ1) is 17.2. The Hall–Kier alpha value is -3.20. The lowest BCUT2D eigenvalue weighted by Gasteiger charge is -2.10. The zero-order valence-corrected chi connectivity index (χ0v) is 13.0. The van der Waals surface area contributed by atoms with E-state index in [1.54, 1.807) is 6.92 Å². The van der Waals surface area contributed by atoms with E-state index in [1.807, 2.05) is 0 Å². The molecule has 9 nitrogen and oxygen atoms in total. The average molecular weight is 351 g/mol. The summed E-state index contributed by atoms with van der Waals surface area (Å²) in [4.78, 5) is 32.3. The number of halogens is 1. The third kappa shape index (κ3) is 3.96. The zero-order chi connectivity index (χ0) is 17.9. The van der Waals surface area contributed by atoms with Gasteiger partial charge in [0.1, 0.15) is 5.02 Å². The number of rotatable bonds is 4. The van der Waals surface area contributed by atoms with Gasteiger partial charge in [-0.2, -0.15) is 0 Å². The number of benzene rings is 2. The molecule has 0 atom stereocenters. The third-order valence-electron chi connectivity index (χ3n) is 3.05. The van der Waals surface area contributed by atoms with Gasteiger partial charge in [-0.25, -0.2) is 4.79 Å². The fraction of sp³-hybridized carbons (Fsp3) is 0.0714. The molecule has 24 heavy (non-hydrogen) atoms. The minimum Gasteiger partial charge on any atom is -0.307 e. The van der Waals surface area contributed by atoms with E-state index in [0.29, 0.717) is 5.56 Å². The van der Waals surface area contributed by atoms with Crippen LogP contribution in [0.5, 0.6) is 0 Å². The van der Waals surface area contributed by atoms with Crippen LogP contribution >= 0.6 is 11.6 Å². The van der Waals surface area contributed by atoms with Gasteiger partial charge >= 0.3 is 6.03 Å². The van der Waals surface area contributed by atoms with Crippen molar-refractivity contribution < 1.29 is 14.6 Å². The van der Waals surface area contributed by atoms with Crippen molar-refractivity contribution in [1.29, 1.82) is 0 Å². The van der Waals surface area contributed by atoms with Crippen LogP contribution < -0.4 is 10.6 Å². The molecule has 2 N–H and O–H groups in total. The summed E-state index contributed by atoms with van der Waals surface area (Å²) in [6, 6.07) is 7.19. The largest absolute Gasteiger partial charge is 0.323 e. The second kappa shape index (κ2) is 6.92. The van der Waals surface area contributed by atoms with Gasteiger partial charge in [0.2, 0.25) is 0 Å². The minimum atomic E-state index is -0.699. The number of anilines is 2. The number of aryl methyl sites for hydroxylation is 1. The maximum absolute atomic E-state index is 12.0. The Kier molecular flexibility index (Phi) is 4.95. The highest BCUT2D eigenvalue weighted by Gasteiger charge is 2.17. The van der Waals surface area contributed by atoms with Crippen LogP contribution in [0.25, 0.3) is 0 Å². The van der Waals surface area contributed by atoms with E-state index < -0.39 is 15.9 Å². The van der Waals surface area contributed by atoms with Crippen molar-refractivity contribution in [3.8, 4) is 0 Å². The number of carbonyl (C=O) groups excluding carboxylic acids is 1. The number of amides is 2. The molecule has 0 unspecified atom stereocenters. The average Bonchev–Trinajstić information content (AvgIpc) is 2.49. The third-order valence-corrected chi connectivity index (χ3v) is 3.36. The van der Waals surface area contributed by atoms with Crippen LogP contribution in [0, 0.1) is 27.2 Å². The monoisotopic (exact) mass is 350 g/mol. The van der Waals surface area contributed by atoms with Crippen molar-refractivity contribution in [3.05, 3.63) is 67.2 Å². The molecule has 124 valence electrons. The maximum atomic E-state index is 12.0. The van der Waals surface area contributed by atoms with E-state index in [1.165, 1.54) is 30.3 Å². The number of hydrogen-bond acceptors (Lipinski definition) is 5. The minimum absolute atomic E-state index is 0.0397. The topological polar surface area (TPSA) is 127 Å². The lowest BCUT2D eigenvalue weighted by Crippen LogP contribution is -2.20.